The van der Waals surface area contributed by atoms with Gasteiger partial charge in [0.1, 0.15) is 18.3 Å². The summed E-state index contributed by atoms with van der Waals surface area (Å²) >= 11 is 0. The highest BCUT2D eigenvalue weighted by molar-refractivity contribution is 5.98. The van der Waals surface area contributed by atoms with Crippen molar-refractivity contribution in [1.82, 2.24) is 20.5 Å². The molecule has 1 aromatic heterocycles. The topological polar surface area (TPSA) is 132 Å². The lowest BCUT2D eigenvalue weighted by Crippen LogP contribution is -2.53. The van der Waals surface area contributed by atoms with Crippen molar-refractivity contribution in [3.05, 3.63) is 23.0 Å². The van der Waals surface area contributed by atoms with Crippen LogP contribution < -0.4 is 10.6 Å². The average Bonchev–Trinajstić information content (AvgIpc) is 3.61. The Morgan fingerprint density at radius 2 is 1.97 bits per heavy atom. The molecule has 0 radical (unpaired) electrons. The first-order valence-corrected chi connectivity index (χ1v) is 12.7. The third kappa shape index (κ3) is 4.26. The maximum atomic E-state index is 13.6. The number of H-pyrrole nitrogens is 1. The van der Waals surface area contributed by atoms with Crippen LogP contribution in [0.2, 0.25) is 0 Å². The molecule has 5 atom stereocenters. The van der Waals surface area contributed by atoms with Crippen LogP contribution in [0.3, 0.4) is 0 Å². The van der Waals surface area contributed by atoms with Gasteiger partial charge >= 0.3 is 0 Å². The summed E-state index contributed by atoms with van der Waals surface area (Å²) in [6.07, 6.45) is 7.79. The molecular formula is C25H34N4O5. The molecule has 34 heavy (non-hydrogen) atoms. The van der Waals surface area contributed by atoms with Gasteiger partial charge in [-0.15, -0.1) is 0 Å². The molecule has 3 fully saturated rings. The van der Waals surface area contributed by atoms with Crippen LogP contribution in [0, 0.1) is 17.8 Å². The molecule has 4 aliphatic rings. The van der Waals surface area contributed by atoms with Gasteiger partial charge in [0.15, 0.2) is 5.78 Å². The Balaban J connectivity index is 1.35. The number of rotatable bonds is 7. The van der Waals surface area contributed by atoms with Gasteiger partial charge in [0.05, 0.1) is 6.04 Å². The molecule has 3 heterocycles. The first-order chi connectivity index (χ1) is 16.5. The Morgan fingerprint density at radius 1 is 1.15 bits per heavy atom. The van der Waals surface area contributed by atoms with Gasteiger partial charge in [-0.3, -0.25) is 19.2 Å². The molecule has 9 nitrogen and oxygen atoms in total. The van der Waals surface area contributed by atoms with Gasteiger partial charge in [-0.25, -0.2) is 0 Å². The van der Waals surface area contributed by atoms with Crippen molar-refractivity contribution in [2.45, 2.75) is 69.9 Å². The number of aromatic nitrogens is 1. The number of amides is 3. The van der Waals surface area contributed by atoms with E-state index < -0.39 is 24.5 Å². The number of hydrogen-bond donors (Lipinski definition) is 4. The number of fused-ring (bicyclic) bond motifs is 2. The normalized spacial score (nSPS) is 28.9. The van der Waals surface area contributed by atoms with Crippen LogP contribution in [-0.4, -0.2) is 70.3 Å². The van der Waals surface area contributed by atoms with Crippen molar-refractivity contribution in [1.29, 1.82) is 0 Å². The van der Waals surface area contributed by atoms with Crippen molar-refractivity contribution < 1.29 is 24.3 Å². The summed E-state index contributed by atoms with van der Waals surface area (Å²) in [7, 11) is 0. The number of carbonyl (C=O) groups is 4. The minimum Gasteiger partial charge on any atom is -0.389 e. The van der Waals surface area contributed by atoms with Gasteiger partial charge in [-0.05, 0) is 74.8 Å². The predicted molar refractivity (Wildman–Crippen MR) is 123 cm³/mol. The van der Waals surface area contributed by atoms with Gasteiger partial charge in [-0.1, -0.05) is 6.42 Å². The molecule has 0 aromatic carbocycles. The highest BCUT2D eigenvalue weighted by Gasteiger charge is 2.50. The van der Waals surface area contributed by atoms with Crippen molar-refractivity contribution in [3.63, 3.8) is 0 Å². The molecule has 2 aliphatic heterocycles. The molecule has 2 aliphatic carbocycles. The van der Waals surface area contributed by atoms with E-state index in [1.165, 1.54) is 5.56 Å². The maximum absolute atomic E-state index is 13.6. The van der Waals surface area contributed by atoms with Crippen molar-refractivity contribution >= 4 is 23.5 Å². The van der Waals surface area contributed by atoms with Crippen LogP contribution in [0.4, 0.5) is 0 Å². The van der Waals surface area contributed by atoms with E-state index in [4.69, 9.17) is 0 Å². The molecule has 1 saturated carbocycles. The number of aromatic amines is 1. The first kappa shape index (κ1) is 23.1. The van der Waals surface area contributed by atoms with E-state index in [9.17, 15) is 24.3 Å². The van der Waals surface area contributed by atoms with Crippen LogP contribution in [0.1, 0.15) is 66.7 Å². The molecule has 9 heteroatoms. The maximum Gasteiger partial charge on any atom is 0.270 e. The Kier molecular flexibility index (Phi) is 6.46. The Bertz CT molecular complexity index is 964. The lowest BCUT2D eigenvalue weighted by Gasteiger charge is -2.29. The quantitative estimate of drug-likeness (QED) is 0.466. The average molecular weight is 471 g/mol. The van der Waals surface area contributed by atoms with Gasteiger partial charge in [0.2, 0.25) is 11.8 Å². The lowest BCUT2D eigenvalue weighted by molar-refractivity contribution is -0.133. The molecule has 4 N–H and O–H groups in total. The SMILES string of the molecule is O=C1NCCC1CC(NC(=O)C1C2CCCC2CN1C(=O)c1cc2c([nH]1)CCCC2)C(=O)CO. The molecule has 0 bridgehead atoms. The van der Waals surface area contributed by atoms with E-state index in [0.29, 0.717) is 25.2 Å². The van der Waals surface area contributed by atoms with Gasteiger partial charge in [0, 0.05) is 24.7 Å². The Labute approximate surface area is 199 Å². The number of Topliss-reactive ketones (excluding diaryl/α,β-unsaturated/α-hetero) is 1. The summed E-state index contributed by atoms with van der Waals surface area (Å²) in [6, 6.07) is 0.352. The summed E-state index contributed by atoms with van der Waals surface area (Å²) in [5.41, 5.74) is 2.85. The second-order valence-corrected chi connectivity index (χ2v) is 10.3. The monoisotopic (exact) mass is 470 g/mol. The number of aliphatic hydroxyl groups is 1. The number of aryl methyl sites for hydroxylation is 2. The minimum absolute atomic E-state index is 0.0631. The van der Waals surface area contributed by atoms with Crippen molar-refractivity contribution in [3.8, 4) is 0 Å². The van der Waals surface area contributed by atoms with Crippen LogP contribution in [0.15, 0.2) is 6.07 Å². The fraction of sp³-hybridized carbons (Fsp3) is 0.680. The molecular weight excluding hydrogens is 436 g/mol. The Morgan fingerprint density at radius 3 is 2.71 bits per heavy atom. The standard InChI is InChI=1S/C25H34N4O5/c30-13-21(31)19(11-15-8-9-26-23(15)32)28-24(33)22-17-6-3-5-16(17)12-29(22)25(34)20-10-14-4-1-2-7-18(14)27-20/h10,15-17,19,22,27,30H,1-9,11-13H2,(H,26,32)(H,28,33). The zero-order valence-electron chi connectivity index (χ0n) is 19.5. The fourth-order valence-electron chi connectivity index (χ4n) is 6.52. The van der Waals surface area contributed by atoms with Crippen molar-refractivity contribution in [2.24, 2.45) is 17.8 Å². The van der Waals surface area contributed by atoms with Crippen LogP contribution in [-0.2, 0) is 27.2 Å². The smallest absolute Gasteiger partial charge is 0.270 e. The third-order valence-electron chi connectivity index (χ3n) is 8.31. The highest BCUT2D eigenvalue weighted by atomic mass is 16.3. The predicted octanol–water partition coefficient (Wildman–Crippen LogP) is 0.707. The molecule has 184 valence electrons. The summed E-state index contributed by atoms with van der Waals surface area (Å²) in [5.74, 6) is -1.19. The molecule has 3 amide bonds. The summed E-state index contributed by atoms with van der Waals surface area (Å²) in [5, 5.41) is 15.0. The highest BCUT2D eigenvalue weighted by Crippen LogP contribution is 2.43. The molecule has 2 saturated heterocycles. The van der Waals surface area contributed by atoms with E-state index in [1.807, 2.05) is 6.07 Å². The van der Waals surface area contributed by atoms with Crippen LogP contribution >= 0.6 is 0 Å². The molecule has 0 spiro atoms. The summed E-state index contributed by atoms with van der Waals surface area (Å²) < 4.78 is 0. The zero-order valence-corrected chi connectivity index (χ0v) is 19.5. The van der Waals surface area contributed by atoms with E-state index in [1.54, 1.807) is 4.90 Å². The van der Waals surface area contributed by atoms with Gasteiger partial charge < -0.3 is 25.6 Å². The summed E-state index contributed by atoms with van der Waals surface area (Å²) in [4.78, 5) is 56.6. The minimum atomic E-state index is -0.943. The first-order valence-electron chi connectivity index (χ1n) is 12.7. The van der Waals surface area contributed by atoms with E-state index in [2.05, 4.69) is 15.6 Å². The fourth-order valence-corrected chi connectivity index (χ4v) is 6.52. The van der Waals surface area contributed by atoms with Crippen molar-refractivity contribution in [2.75, 3.05) is 19.7 Å². The Hall–Kier alpha value is -2.68. The van der Waals surface area contributed by atoms with E-state index in [-0.39, 0.29) is 41.9 Å². The van der Waals surface area contributed by atoms with E-state index >= 15 is 0 Å². The zero-order chi connectivity index (χ0) is 23.8. The number of carbonyl (C=O) groups excluding carboxylic acids is 4. The number of hydrogen-bond acceptors (Lipinski definition) is 5. The van der Waals surface area contributed by atoms with Gasteiger partial charge in [0.25, 0.3) is 5.91 Å². The summed E-state index contributed by atoms with van der Waals surface area (Å²) in [6.45, 7) is 0.383. The van der Waals surface area contributed by atoms with E-state index in [0.717, 1.165) is 50.6 Å². The van der Waals surface area contributed by atoms with Gasteiger partial charge in [-0.2, -0.15) is 0 Å². The number of nitrogens with zero attached hydrogens (tertiary/aromatic N) is 1. The molecule has 1 aromatic rings. The second-order valence-electron chi connectivity index (χ2n) is 10.3. The lowest BCUT2D eigenvalue weighted by atomic mass is 9.92. The number of nitrogens with one attached hydrogen (secondary N) is 3. The number of aliphatic hydroxyl groups excluding tert-OH is 1. The molecule has 5 rings (SSSR count). The van der Waals surface area contributed by atoms with Crippen LogP contribution in [0.5, 0.6) is 0 Å². The third-order valence-corrected chi connectivity index (χ3v) is 8.31. The van der Waals surface area contributed by atoms with Crippen LogP contribution in [0.25, 0.3) is 0 Å². The largest absolute Gasteiger partial charge is 0.389 e. The molecule has 5 unspecified atom stereocenters. The second kappa shape index (κ2) is 9.52. The number of likely N-dealkylation sites (tertiary alicyclic amines) is 1. The number of ketones is 1.